The third-order valence-corrected chi connectivity index (χ3v) is 5.83. The fourth-order valence-corrected chi connectivity index (χ4v) is 3.84. The normalized spacial score (nSPS) is 11.9. The van der Waals surface area contributed by atoms with Gasteiger partial charge in [0, 0.05) is 11.6 Å². The summed E-state index contributed by atoms with van der Waals surface area (Å²) in [5, 5.41) is 2.62. The number of carbonyl (C=O) groups excluding carboxylic acids is 1. The second kappa shape index (κ2) is 9.89. The number of alkyl halides is 3. The predicted octanol–water partition coefficient (Wildman–Crippen LogP) is 4.53. The van der Waals surface area contributed by atoms with E-state index in [1.54, 1.807) is 12.1 Å². The molecule has 0 bridgehead atoms. The lowest BCUT2D eigenvalue weighted by Crippen LogP contribution is -2.40. The van der Waals surface area contributed by atoms with Gasteiger partial charge in [-0.2, -0.15) is 13.2 Å². The number of benzene rings is 2. The van der Waals surface area contributed by atoms with Crippen LogP contribution in [0.3, 0.4) is 0 Å². The van der Waals surface area contributed by atoms with Gasteiger partial charge in [-0.25, -0.2) is 8.42 Å². The predicted molar refractivity (Wildman–Crippen MR) is 111 cm³/mol. The zero-order valence-electron chi connectivity index (χ0n) is 15.8. The van der Waals surface area contributed by atoms with Gasteiger partial charge in [-0.05, 0) is 48.7 Å². The van der Waals surface area contributed by atoms with Gasteiger partial charge in [0.05, 0.1) is 22.5 Å². The van der Waals surface area contributed by atoms with Gasteiger partial charge in [0.15, 0.2) is 0 Å². The number of sulfonamides is 1. The Morgan fingerprint density at radius 1 is 1.10 bits per heavy atom. The standard InChI is InChI=1S/C19H19Cl2F3N2O3S/c1-30(28,29)26(15-8-9-17(21)16(11-15)19(22,23)24)12-18(27)25-10-2-3-13-4-6-14(20)7-5-13/h4-9,11H,2-3,10,12H2,1H3,(H,25,27). The van der Waals surface area contributed by atoms with Crippen LogP contribution in [0.5, 0.6) is 0 Å². The van der Waals surface area contributed by atoms with Crippen molar-refractivity contribution in [2.75, 3.05) is 23.7 Å². The molecule has 0 spiro atoms. The summed E-state index contributed by atoms with van der Waals surface area (Å²) in [6.45, 7) is -0.383. The van der Waals surface area contributed by atoms with Gasteiger partial charge in [0.25, 0.3) is 0 Å². The summed E-state index contributed by atoms with van der Waals surface area (Å²) in [5.41, 5.74) is -0.462. The molecule has 30 heavy (non-hydrogen) atoms. The minimum atomic E-state index is -4.76. The van der Waals surface area contributed by atoms with Crippen LogP contribution in [0.1, 0.15) is 17.5 Å². The van der Waals surface area contributed by atoms with E-state index in [1.807, 2.05) is 12.1 Å². The largest absolute Gasteiger partial charge is 0.417 e. The molecule has 0 heterocycles. The van der Waals surface area contributed by atoms with E-state index >= 15 is 0 Å². The number of carbonyl (C=O) groups is 1. The first-order valence-corrected chi connectivity index (χ1v) is 11.3. The number of hydrogen-bond donors (Lipinski definition) is 1. The van der Waals surface area contributed by atoms with E-state index in [2.05, 4.69) is 5.32 Å². The van der Waals surface area contributed by atoms with E-state index in [1.165, 1.54) is 0 Å². The van der Waals surface area contributed by atoms with Gasteiger partial charge in [-0.3, -0.25) is 9.10 Å². The highest BCUT2D eigenvalue weighted by molar-refractivity contribution is 7.92. The summed E-state index contributed by atoms with van der Waals surface area (Å²) in [6, 6.07) is 9.88. The van der Waals surface area contributed by atoms with Crippen molar-refractivity contribution in [3.05, 3.63) is 63.6 Å². The maximum atomic E-state index is 13.1. The van der Waals surface area contributed by atoms with Crippen molar-refractivity contribution >= 4 is 44.8 Å². The molecule has 2 aromatic carbocycles. The van der Waals surface area contributed by atoms with Crippen LogP contribution in [0.2, 0.25) is 10.0 Å². The summed E-state index contributed by atoms with van der Waals surface area (Å²) < 4.78 is 64.0. The maximum absolute atomic E-state index is 13.1. The molecule has 0 fully saturated rings. The minimum absolute atomic E-state index is 0.271. The lowest BCUT2D eigenvalue weighted by molar-refractivity contribution is -0.137. The molecule has 0 unspecified atom stereocenters. The van der Waals surface area contributed by atoms with E-state index in [-0.39, 0.29) is 12.2 Å². The Bertz CT molecular complexity index is 997. The molecule has 1 amide bonds. The fraction of sp³-hybridized carbons (Fsp3) is 0.316. The Morgan fingerprint density at radius 3 is 2.30 bits per heavy atom. The van der Waals surface area contributed by atoms with E-state index in [0.29, 0.717) is 28.2 Å². The third kappa shape index (κ3) is 7.07. The SMILES string of the molecule is CS(=O)(=O)N(CC(=O)NCCCc1ccc(Cl)cc1)c1ccc(Cl)c(C(F)(F)F)c1. The molecule has 164 valence electrons. The molecule has 0 saturated heterocycles. The Balaban J connectivity index is 2.03. The third-order valence-electron chi connectivity index (χ3n) is 4.11. The molecule has 0 aromatic heterocycles. The van der Waals surface area contributed by atoms with Gasteiger partial charge in [-0.1, -0.05) is 35.3 Å². The Hall–Kier alpha value is -1.97. The van der Waals surface area contributed by atoms with Crippen molar-refractivity contribution < 1.29 is 26.4 Å². The summed E-state index contributed by atoms with van der Waals surface area (Å²) in [7, 11) is -4.02. The molecular formula is C19H19Cl2F3N2O3S. The van der Waals surface area contributed by atoms with E-state index in [9.17, 15) is 26.4 Å². The summed E-state index contributed by atoms with van der Waals surface area (Å²) in [5.74, 6) is -0.639. The number of amides is 1. The van der Waals surface area contributed by atoms with Crippen LogP contribution in [0.15, 0.2) is 42.5 Å². The molecule has 0 saturated carbocycles. The van der Waals surface area contributed by atoms with E-state index < -0.39 is 39.2 Å². The van der Waals surface area contributed by atoms with Crippen molar-refractivity contribution in [1.29, 1.82) is 0 Å². The Labute approximate surface area is 182 Å². The molecule has 1 N–H and O–H groups in total. The van der Waals surface area contributed by atoms with Crippen molar-refractivity contribution in [1.82, 2.24) is 5.32 Å². The first-order chi connectivity index (χ1) is 13.9. The van der Waals surface area contributed by atoms with Gasteiger partial charge in [0.2, 0.25) is 15.9 Å². The van der Waals surface area contributed by atoms with Crippen LogP contribution >= 0.6 is 23.2 Å². The van der Waals surface area contributed by atoms with E-state index in [0.717, 1.165) is 24.0 Å². The van der Waals surface area contributed by atoms with Crippen LogP contribution in [-0.2, 0) is 27.4 Å². The molecular weight excluding hydrogens is 464 g/mol. The lowest BCUT2D eigenvalue weighted by Gasteiger charge is -2.23. The number of rotatable bonds is 8. The zero-order valence-corrected chi connectivity index (χ0v) is 18.2. The number of aryl methyl sites for hydroxylation is 1. The van der Waals surface area contributed by atoms with Gasteiger partial charge in [0.1, 0.15) is 6.54 Å². The van der Waals surface area contributed by atoms with Crippen LogP contribution < -0.4 is 9.62 Å². The van der Waals surface area contributed by atoms with E-state index in [4.69, 9.17) is 23.2 Å². The lowest BCUT2D eigenvalue weighted by atomic mass is 10.1. The van der Waals surface area contributed by atoms with Gasteiger partial charge >= 0.3 is 6.18 Å². The zero-order chi connectivity index (χ0) is 22.5. The molecule has 0 aliphatic rings. The molecule has 2 rings (SSSR count). The molecule has 0 atom stereocenters. The molecule has 5 nitrogen and oxygen atoms in total. The second-order valence-corrected chi connectivity index (χ2v) is 9.26. The molecule has 0 aliphatic carbocycles. The topological polar surface area (TPSA) is 66.5 Å². The van der Waals surface area contributed by atoms with Crippen LogP contribution in [0.4, 0.5) is 18.9 Å². The molecule has 11 heteroatoms. The molecule has 0 radical (unpaired) electrons. The second-order valence-electron chi connectivity index (χ2n) is 6.51. The van der Waals surface area contributed by atoms with Crippen LogP contribution in [0.25, 0.3) is 0 Å². The quantitative estimate of drug-likeness (QED) is 0.562. The highest BCUT2D eigenvalue weighted by atomic mass is 35.5. The van der Waals surface area contributed by atoms with Crippen molar-refractivity contribution in [2.45, 2.75) is 19.0 Å². The number of halogens is 5. The summed E-state index contributed by atoms with van der Waals surface area (Å²) in [6.07, 6.45) is -2.70. The summed E-state index contributed by atoms with van der Waals surface area (Å²) >= 11 is 11.4. The van der Waals surface area contributed by atoms with Crippen molar-refractivity contribution in [2.24, 2.45) is 0 Å². The first-order valence-electron chi connectivity index (χ1n) is 8.73. The Kier molecular flexibility index (Phi) is 8.01. The highest BCUT2D eigenvalue weighted by Crippen LogP contribution is 2.37. The van der Waals surface area contributed by atoms with Crippen molar-refractivity contribution in [3.63, 3.8) is 0 Å². The number of nitrogens with zero attached hydrogens (tertiary/aromatic N) is 1. The molecule has 0 aliphatic heterocycles. The summed E-state index contributed by atoms with van der Waals surface area (Å²) in [4.78, 5) is 12.2. The molecule has 2 aromatic rings. The van der Waals surface area contributed by atoms with Gasteiger partial charge in [-0.15, -0.1) is 0 Å². The first kappa shape index (κ1) is 24.3. The Morgan fingerprint density at radius 2 is 1.73 bits per heavy atom. The maximum Gasteiger partial charge on any atom is 0.417 e. The fourth-order valence-electron chi connectivity index (χ4n) is 2.64. The van der Waals surface area contributed by atoms with Crippen molar-refractivity contribution in [3.8, 4) is 0 Å². The monoisotopic (exact) mass is 482 g/mol. The average molecular weight is 483 g/mol. The highest BCUT2D eigenvalue weighted by Gasteiger charge is 2.34. The minimum Gasteiger partial charge on any atom is -0.355 e. The number of anilines is 1. The number of nitrogens with one attached hydrogen (secondary N) is 1. The smallest absolute Gasteiger partial charge is 0.355 e. The number of hydrogen-bond acceptors (Lipinski definition) is 3. The van der Waals surface area contributed by atoms with Crippen LogP contribution in [0, 0.1) is 0 Å². The average Bonchev–Trinajstić information content (AvgIpc) is 2.63. The van der Waals surface area contributed by atoms with Gasteiger partial charge < -0.3 is 5.32 Å². The van der Waals surface area contributed by atoms with Crippen LogP contribution in [-0.4, -0.2) is 33.7 Å².